The van der Waals surface area contributed by atoms with Crippen LogP contribution in [0.4, 0.5) is 19.4 Å². The van der Waals surface area contributed by atoms with Crippen LogP contribution in [0.1, 0.15) is 12.0 Å². The molecule has 1 aromatic rings. The van der Waals surface area contributed by atoms with Gasteiger partial charge in [0.15, 0.2) is 0 Å². The third-order valence-electron chi connectivity index (χ3n) is 2.16. The number of hydrogen-bond donors (Lipinski definition) is 1. The van der Waals surface area contributed by atoms with E-state index in [4.69, 9.17) is 0 Å². The smallest absolute Gasteiger partial charge is 0.323 e. The maximum absolute atomic E-state index is 12.2. The Morgan fingerprint density at radius 3 is 2.73 bits per heavy atom. The first-order valence-corrected chi connectivity index (χ1v) is 4.48. The number of amides is 2. The van der Waals surface area contributed by atoms with Gasteiger partial charge in [0.2, 0.25) is 0 Å². The van der Waals surface area contributed by atoms with E-state index in [9.17, 15) is 13.6 Å². The standard InChI is InChI=1S/C9H9F2N3O/c10-8(11)6-1-2-7(13-5-6)14-4-3-12-9(14)15/h1-2,5,8H,3-4H2,(H,12,15). The lowest BCUT2D eigenvalue weighted by atomic mass is 10.3. The molecule has 4 nitrogen and oxygen atoms in total. The van der Waals surface area contributed by atoms with E-state index in [1.807, 2.05) is 0 Å². The van der Waals surface area contributed by atoms with Crippen LogP contribution in [0, 0.1) is 0 Å². The van der Waals surface area contributed by atoms with Crippen molar-refractivity contribution in [2.45, 2.75) is 6.43 Å². The second-order valence-corrected chi connectivity index (χ2v) is 3.13. The highest BCUT2D eigenvalue weighted by atomic mass is 19.3. The van der Waals surface area contributed by atoms with E-state index >= 15 is 0 Å². The van der Waals surface area contributed by atoms with Crippen molar-refractivity contribution < 1.29 is 13.6 Å². The summed E-state index contributed by atoms with van der Waals surface area (Å²) in [6, 6.07) is 2.46. The van der Waals surface area contributed by atoms with Gasteiger partial charge in [0.1, 0.15) is 5.82 Å². The van der Waals surface area contributed by atoms with Crippen molar-refractivity contribution in [3.8, 4) is 0 Å². The fraction of sp³-hybridized carbons (Fsp3) is 0.333. The zero-order valence-electron chi connectivity index (χ0n) is 7.78. The first-order valence-electron chi connectivity index (χ1n) is 4.48. The van der Waals surface area contributed by atoms with Gasteiger partial charge in [-0.05, 0) is 12.1 Å². The minimum Gasteiger partial charge on any atom is -0.336 e. The summed E-state index contributed by atoms with van der Waals surface area (Å²) in [5, 5.41) is 2.60. The third kappa shape index (κ3) is 1.88. The summed E-state index contributed by atoms with van der Waals surface area (Å²) in [7, 11) is 0. The van der Waals surface area contributed by atoms with Crippen molar-refractivity contribution in [2.75, 3.05) is 18.0 Å². The van der Waals surface area contributed by atoms with Crippen LogP contribution >= 0.6 is 0 Å². The van der Waals surface area contributed by atoms with Crippen LogP contribution in [0.5, 0.6) is 0 Å². The predicted octanol–water partition coefficient (Wildman–Crippen LogP) is 1.55. The SMILES string of the molecule is O=C1NCCN1c1ccc(C(F)F)cn1. The molecule has 0 radical (unpaired) electrons. The molecule has 1 N–H and O–H groups in total. The molecular weight excluding hydrogens is 204 g/mol. The molecule has 2 rings (SSSR count). The van der Waals surface area contributed by atoms with Crippen LogP contribution in [0.2, 0.25) is 0 Å². The topological polar surface area (TPSA) is 45.2 Å². The van der Waals surface area contributed by atoms with Gasteiger partial charge in [-0.15, -0.1) is 0 Å². The van der Waals surface area contributed by atoms with Crippen molar-refractivity contribution in [1.82, 2.24) is 10.3 Å². The van der Waals surface area contributed by atoms with Gasteiger partial charge in [0, 0.05) is 24.8 Å². The number of rotatable bonds is 2. The molecule has 0 saturated carbocycles. The normalized spacial score (nSPS) is 15.9. The van der Waals surface area contributed by atoms with E-state index in [1.54, 1.807) is 0 Å². The second kappa shape index (κ2) is 3.80. The lowest BCUT2D eigenvalue weighted by molar-refractivity contribution is 0.151. The van der Waals surface area contributed by atoms with Crippen LogP contribution in [0.25, 0.3) is 0 Å². The molecular formula is C9H9F2N3O. The number of nitrogens with one attached hydrogen (secondary N) is 1. The average Bonchev–Trinajstić information content (AvgIpc) is 2.65. The van der Waals surface area contributed by atoms with Gasteiger partial charge >= 0.3 is 6.03 Å². The molecule has 0 bridgehead atoms. The van der Waals surface area contributed by atoms with Gasteiger partial charge in [0.25, 0.3) is 6.43 Å². The lowest BCUT2D eigenvalue weighted by Crippen LogP contribution is -2.28. The highest BCUT2D eigenvalue weighted by molar-refractivity contribution is 5.92. The maximum atomic E-state index is 12.2. The monoisotopic (exact) mass is 213 g/mol. The highest BCUT2D eigenvalue weighted by Crippen LogP contribution is 2.20. The van der Waals surface area contributed by atoms with E-state index in [2.05, 4.69) is 10.3 Å². The number of nitrogens with zero attached hydrogens (tertiary/aromatic N) is 2. The van der Waals surface area contributed by atoms with E-state index in [1.165, 1.54) is 17.0 Å². The maximum Gasteiger partial charge on any atom is 0.323 e. The number of carbonyl (C=O) groups is 1. The molecule has 1 fully saturated rings. The Balaban J connectivity index is 2.19. The van der Waals surface area contributed by atoms with Gasteiger partial charge in [0.05, 0.1) is 0 Å². The van der Waals surface area contributed by atoms with Crippen molar-refractivity contribution in [3.63, 3.8) is 0 Å². The Morgan fingerprint density at radius 1 is 1.47 bits per heavy atom. The molecule has 1 aromatic heterocycles. The largest absolute Gasteiger partial charge is 0.336 e. The Morgan fingerprint density at radius 2 is 2.27 bits per heavy atom. The van der Waals surface area contributed by atoms with Gasteiger partial charge < -0.3 is 5.32 Å². The average molecular weight is 213 g/mol. The summed E-state index contributed by atoms with van der Waals surface area (Å²) in [5.41, 5.74) is -0.140. The summed E-state index contributed by atoms with van der Waals surface area (Å²) in [5.74, 6) is 0.398. The van der Waals surface area contributed by atoms with Gasteiger partial charge in [-0.2, -0.15) is 0 Å². The van der Waals surface area contributed by atoms with E-state index in [0.717, 1.165) is 6.20 Å². The third-order valence-corrected chi connectivity index (χ3v) is 2.16. The fourth-order valence-corrected chi connectivity index (χ4v) is 1.38. The number of urea groups is 1. The van der Waals surface area contributed by atoms with Gasteiger partial charge in [-0.25, -0.2) is 18.6 Å². The molecule has 80 valence electrons. The number of aromatic nitrogens is 1. The number of hydrogen-bond acceptors (Lipinski definition) is 2. The number of anilines is 1. The van der Waals surface area contributed by atoms with Gasteiger partial charge in [-0.1, -0.05) is 0 Å². The zero-order chi connectivity index (χ0) is 10.8. The summed E-state index contributed by atoms with van der Waals surface area (Å²) in [6.07, 6.45) is -1.44. The summed E-state index contributed by atoms with van der Waals surface area (Å²) in [4.78, 5) is 16.4. The molecule has 0 atom stereocenters. The quantitative estimate of drug-likeness (QED) is 0.810. The van der Waals surface area contributed by atoms with Crippen LogP contribution in [-0.4, -0.2) is 24.1 Å². The Bertz CT molecular complexity index is 366. The highest BCUT2D eigenvalue weighted by Gasteiger charge is 2.22. The molecule has 0 aliphatic carbocycles. The lowest BCUT2D eigenvalue weighted by Gasteiger charge is -2.12. The molecule has 1 saturated heterocycles. The Hall–Kier alpha value is -1.72. The van der Waals surface area contributed by atoms with E-state index in [0.29, 0.717) is 18.9 Å². The van der Waals surface area contributed by atoms with E-state index in [-0.39, 0.29) is 11.6 Å². The number of pyridine rings is 1. The summed E-state index contributed by atoms with van der Waals surface area (Å²) < 4.78 is 24.4. The first kappa shape index (κ1) is 9.82. The first-order chi connectivity index (χ1) is 7.18. The van der Waals surface area contributed by atoms with Gasteiger partial charge in [-0.3, -0.25) is 4.90 Å². The minimum atomic E-state index is -2.53. The van der Waals surface area contributed by atoms with Crippen LogP contribution < -0.4 is 10.2 Å². The fourth-order valence-electron chi connectivity index (χ4n) is 1.38. The zero-order valence-corrected chi connectivity index (χ0v) is 7.78. The van der Waals surface area contributed by atoms with Crippen LogP contribution in [0.3, 0.4) is 0 Å². The van der Waals surface area contributed by atoms with Crippen molar-refractivity contribution >= 4 is 11.8 Å². The molecule has 2 heterocycles. The van der Waals surface area contributed by atoms with E-state index < -0.39 is 6.43 Å². The van der Waals surface area contributed by atoms with Crippen molar-refractivity contribution in [3.05, 3.63) is 23.9 Å². The molecule has 1 aliphatic rings. The Labute approximate surface area is 84.9 Å². The number of carbonyl (C=O) groups excluding carboxylic acids is 1. The minimum absolute atomic E-state index is 0.140. The molecule has 1 aliphatic heterocycles. The molecule has 0 unspecified atom stereocenters. The molecule has 15 heavy (non-hydrogen) atoms. The molecule has 6 heteroatoms. The van der Waals surface area contributed by atoms with Crippen molar-refractivity contribution in [2.24, 2.45) is 0 Å². The summed E-state index contributed by atoms with van der Waals surface area (Å²) >= 11 is 0. The van der Waals surface area contributed by atoms with Crippen molar-refractivity contribution in [1.29, 1.82) is 0 Å². The molecule has 0 spiro atoms. The van der Waals surface area contributed by atoms with Crippen LogP contribution in [0.15, 0.2) is 18.3 Å². The number of alkyl halides is 2. The summed E-state index contributed by atoms with van der Waals surface area (Å²) in [6.45, 7) is 1.07. The molecule has 0 aromatic carbocycles. The van der Waals surface area contributed by atoms with Crippen LogP contribution in [-0.2, 0) is 0 Å². The second-order valence-electron chi connectivity index (χ2n) is 3.13. The Kier molecular flexibility index (Phi) is 2.49. The number of halogens is 2. The predicted molar refractivity (Wildman–Crippen MR) is 49.9 cm³/mol. The molecule has 2 amide bonds.